The van der Waals surface area contributed by atoms with Crippen molar-refractivity contribution in [2.45, 2.75) is 12.8 Å². The number of hydrogen-bond donors (Lipinski definition) is 2. The lowest BCUT2D eigenvalue weighted by Crippen LogP contribution is -2.43. The summed E-state index contributed by atoms with van der Waals surface area (Å²) < 4.78 is 24.1. The van der Waals surface area contributed by atoms with Crippen molar-refractivity contribution in [3.8, 4) is 0 Å². The third-order valence-corrected chi connectivity index (χ3v) is 4.32. The van der Waals surface area contributed by atoms with E-state index in [1.54, 1.807) is 0 Å². The van der Waals surface area contributed by atoms with Crippen molar-refractivity contribution < 1.29 is 23.1 Å². The SMILES string of the molecule is NC(=O)C1CCN(S(=O)(=O)CC(=O)O)CC1. The Bertz CT molecular complexity index is 383. The molecule has 7 nitrogen and oxygen atoms in total. The van der Waals surface area contributed by atoms with Crippen LogP contribution in [0.2, 0.25) is 0 Å². The van der Waals surface area contributed by atoms with Crippen LogP contribution >= 0.6 is 0 Å². The zero-order chi connectivity index (χ0) is 12.3. The van der Waals surface area contributed by atoms with E-state index >= 15 is 0 Å². The predicted molar refractivity (Wildman–Crippen MR) is 54.9 cm³/mol. The Morgan fingerprint density at radius 2 is 1.81 bits per heavy atom. The summed E-state index contributed by atoms with van der Waals surface area (Å²) in [6.07, 6.45) is 0.711. The maximum atomic E-state index is 11.5. The van der Waals surface area contributed by atoms with Gasteiger partial charge in [0.25, 0.3) is 0 Å². The first-order chi connectivity index (χ1) is 7.33. The van der Waals surface area contributed by atoms with Crippen LogP contribution in [0.4, 0.5) is 0 Å². The molecule has 0 aromatic heterocycles. The molecule has 0 radical (unpaired) electrons. The number of rotatable bonds is 4. The summed E-state index contributed by atoms with van der Waals surface area (Å²) >= 11 is 0. The molecule has 92 valence electrons. The minimum Gasteiger partial charge on any atom is -0.480 e. The second kappa shape index (κ2) is 4.79. The molecule has 0 atom stereocenters. The van der Waals surface area contributed by atoms with Crippen LogP contribution in [-0.4, -0.2) is 48.5 Å². The summed E-state index contributed by atoms with van der Waals surface area (Å²) in [5.74, 6) is -3.03. The van der Waals surface area contributed by atoms with Gasteiger partial charge in [-0.1, -0.05) is 0 Å². The second-order valence-electron chi connectivity index (χ2n) is 3.73. The number of carbonyl (C=O) groups is 2. The number of carbonyl (C=O) groups excluding carboxylic acids is 1. The van der Waals surface area contributed by atoms with E-state index in [0.717, 1.165) is 4.31 Å². The third-order valence-electron chi connectivity index (χ3n) is 2.56. The number of nitrogens with two attached hydrogens (primary N) is 1. The van der Waals surface area contributed by atoms with Gasteiger partial charge >= 0.3 is 5.97 Å². The molecule has 0 aromatic rings. The number of aliphatic carboxylic acids is 1. The summed E-state index contributed by atoms with van der Waals surface area (Å²) in [5.41, 5.74) is 5.10. The minimum atomic E-state index is -3.75. The third kappa shape index (κ3) is 3.17. The number of sulfonamides is 1. The average molecular weight is 250 g/mol. The lowest BCUT2D eigenvalue weighted by molar-refractivity contribution is -0.134. The van der Waals surface area contributed by atoms with Gasteiger partial charge in [0.15, 0.2) is 5.75 Å². The molecule has 1 amide bonds. The molecule has 1 aliphatic heterocycles. The fraction of sp³-hybridized carbons (Fsp3) is 0.750. The van der Waals surface area contributed by atoms with Gasteiger partial charge in [-0.15, -0.1) is 0 Å². The van der Waals surface area contributed by atoms with Crippen molar-refractivity contribution in [2.24, 2.45) is 11.7 Å². The van der Waals surface area contributed by atoms with E-state index in [0.29, 0.717) is 12.8 Å². The first-order valence-electron chi connectivity index (χ1n) is 4.82. The van der Waals surface area contributed by atoms with Gasteiger partial charge < -0.3 is 10.8 Å². The van der Waals surface area contributed by atoms with Crippen molar-refractivity contribution in [2.75, 3.05) is 18.8 Å². The van der Waals surface area contributed by atoms with Crippen molar-refractivity contribution in [3.05, 3.63) is 0 Å². The van der Waals surface area contributed by atoms with Crippen molar-refractivity contribution in [3.63, 3.8) is 0 Å². The number of primary amides is 1. The van der Waals surface area contributed by atoms with Crippen LogP contribution in [0.5, 0.6) is 0 Å². The van der Waals surface area contributed by atoms with Gasteiger partial charge in [-0.3, -0.25) is 9.59 Å². The fourth-order valence-corrected chi connectivity index (χ4v) is 2.93. The van der Waals surface area contributed by atoms with E-state index in [-0.39, 0.29) is 19.0 Å². The highest BCUT2D eigenvalue weighted by molar-refractivity contribution is 7.89. The maximum Gasteiger partial charge on any atom is 0.320 e. The van der Waals surface area contributed by atoms with Gasteiger partial charge in [0.2, 0.25) is 15.9 Å². The summed E-state index contributed by atoms with van der Waals surface area (Å²) in [6.45, 7) is 0.312. The lowest BCUT2D eigenvalue weighted by Gasteiger charge is -2.29. The molecule has 1 heterocycles. The van der Waals surface area contributed by atoms with Crippen LogP contribution < -0.4 is 5.73 Å². The molecule has 0 saturated carbocycles. The molecule has 0 aliphatic carbocycles. The van der Waals surface area contributed by atoms with Gasteiger partial charge in [0.1, 0.15) is 0 Å². The molecule has 1 fully saturated rings. The number of carboxylic acids is 1. The number of carboxylic acid groups (broad SMARTS) is 1. The van der Waals surface area contributed by atoms with Gasteiger partial charge in [0.05, 0.1) is 0 Å². The molecule has 16 heavy (non-hydrogen) atoms. The number of nitrogens with zero attached hydrogens (tertiary/aromatic N) is 1. The highest BCUT2D eigenvalue weighted by Gasteiger charge is 2.31. The van der Waals surface area contributed by atoms with Crippen molar-refractivity contribution in [1.82, 2.24) is 4.31 Å². The normalized spacial score (nSPS) is 19.5. The Morgan fingerprint density at radius 3 is 2.19 bits per heavy atom. The molecule has 1 rings (SSSR count). The molecule has 8 heteroatoms. The van der Waals surface area contributed by atoms with Gasteiger partial charge in [-0.05, 0) is 12.8 Å². The first-order valence-corrected chi connectivity index (χ1v) is 6.43. The number of amides is 1. The minimum absolute atomic E-state index is 0.156. The van der Waals surface area contributed by atoms with E-state index in [1.807, 2.05) is 0 Å². The van der Waals surface area contributed by atoms with Crippen LogP contribution in [0.1, 0.15) is 12.8 Å². The van der Waals surface area contributed by atoms with Crippen molar-refractivity contribution >= 4 is 21.9 Å². The Hall–Kier alpha value is -1.15. The maximum absolute atomic E-state index is 11.5. The van der Waals surface area contributed by atoms with Crippen LogP contribution in [-0.2, 0) is 19.6 Å². The first kappa shape index (κ1) is 12.9. The fourth-order valence-electron chi connectivity index (χ4n) is 1.67. The molecule has 0 bridgehead atoms. The highest BCUT2D eigenvalue weighted by Crippen LogP contribution is 2.19. The molecular weight excluding hydrogens is 236 g/mol. The summed E-state index contributed by atoms with van der Waals surface area (Å²) in [4.78, 5) is 21.2. The Balaban J connectivity index is 2.60. The second-order valence-corrected chi connectivity index (χ2v) is 5.69. The van der Waals surface area contributed by atoms with Crippen LogP contribution in [0.3, 0.4) is 0 Å². The van der Waals surface area contributed by atoms with Gasteiger partial charge in [-0.25, -0.2) is 12.7 Å². The van der Waals surface area contributed by atoms with E-state index < -0.39 is 27.7 Å². The number of piperidine rings is 1. The Kier molecular flexibility index (Phi) is 3.87. The average Bonchev–Trinajstić information content (AvgIpc) is 2.16. The molecule has 3 N–H and O–H groups in total. The Morgan fingerprint density at radius 1 is 1.31 bits per heavy atom. The lowest BCUT2D eigenvalue weighted by atomic mass is 9.98. The van der Waals surface area contributed by atoms with E-state index in [1.165, 1.54) is 0 Å². The van der Waals surface area contributed by atoms with Gasteiger partial charge in [-0.2, -0.15) is 0 Å². The zero-order valence-corrected chi connectivity index (χ0v) is 9.44. The standard InChI is InChI=1S/C8H14N2O5S/c9-8(13)6-1-3-10(4-2-6)16(14,15)5-7(11)12/h6H,1-5H2,(H2,9,13)(H,11,12). The summed E-state index contributed by atoms with van der Waals surface area (Å²) in [5, 5.41) is 8.44. The van der Waals surface area contributed by atoms with Crippen molar-refractivity contribution in [1.29, 1.82) is 0 Å². The smallest absolute Gasteiger partial charge is 0.320 e. The van der Waals surface area contributed by atoms with E-state index in [4.69, 9.17) is 10.8 Å². The Labute approximate surface area is 93.3 Å². The quantitative estimate of drug-likeness (QED) is 0.636. The topological polar surface area (TPSA) is 118 Å². The predicted octanol–water partition coefficient (Wildman–Crippen LogP) is -1.40. The van der Waals surface area contributed by atoms with Crippen LogP contribution in [0.15, 0.2) is 0 Å². The zero-order valence-electron chi connectivity index (χ0n) is 8.63. The highest BCUT2D eigenvalue weighted by atomic mass is 32.2. The van der Waals surface area contributed by atoms with E-state index in [9.17, 15) is 18.0 Å². The molecule has 0 unspecified atom stereocenters. The summed E-state index contributed by atoms with van der Waals surface area (Å²) in [6, 6.07) is 0. The molecule has 0 aromatic carbocycles. The molecule has 0 spiro atoms. The van der Waals surface area contributed by atoms with Crippen LogP contribution in [0, 0.1) is 5.92 Å². The molecular formula is C8H14N2O5S. The summed E-state index contributed by atoms with van der Waals surface area (Å²) in [7, 11) is -3.75. The molecule has 1 saturated heterocycles. The van der Waals surface area contributed by atoms with E-state index in [2.05, 4.69) is 0 Å². The van der Waals surface area contributed by atoms with Gasteiger partial charge in [0, 0.05) is 19.0 Å². The number of hydrogen-bond acceptors (Lipinski definition) is 4. The monoisotopic (exact) mass is 250 g/mol. The molecule has 1 aliphatic rings. The largest absolute Gasteiger partial charge is 0.480 e. The van der Waals surface area contributed by atoms with Crippen LogP contribution in [0.25, 0.3) is 0 Å².